The van der Waals surface area contributed by atoms with Gasteiger partial charge in [-0.1, -0.05) is 25.8 Å². The fraction of sp³-hybridized carbons (Fsp3) is 0.500. The van der Waals surface area contributed by atoms with Gasteiger partial charge in [0.25, 0.3) is 5.91 Å². The largest absolute Gasteiger partial charge is 0.325 e. The summed E-state index contributed by atoms with van der Waals surface area (Å²) in [6, 6.07) is 5.08. The van der Waals surface area contributed by atoms with E-state index >= 15 is 0 Å². The molecule has 1 heterocycles. The smallest absolute Gasteiger partial charge is 0.323 e. The van der Waals surface area contributed by atoms with Crippen molar-refractivity contribution >= 4 is 39.5 Å². The molecule has 1 aromatic carbocycles. The van der Waals surface area contributed by atoms with Crippen LogP contribution >= 0.6 is 15.9 Å². The number of rotatable bonds is 3. The zero-order chi connectivity index (χ0) is 18.2. The van der Waals surface area contributed by atoms with Crippen molar-refractivity contribution in [2.24, 2.45) is 5.92 Å². The van der Waals surface area contributed by atoms with Crippen molar-refractivity contribution in [2.75, 3.05) is 11.9 Å². The van der Waals surface area contributed by atoms with Crippen LogP contribution in [0.3, 0.4) is 0 Å². The summed E-state index contributed by atoms with van der Waals surface area (Å²) < 4.78 is 0.760. The number of imide groups is 1. The van der Waals surface area contributed by atoms with Crippen LogP contribution in [0, 0.1) is 12.8 Å². The van der Waals surface area contributed by atoms with Gasteiger partial charge >= 0.3 is 6.03 Å². The zero-order valence-corrected chi connectivity index (χ0v) is 16.0. The molecular weight excluding hydrogens is 386 g/mol. The summed E-state index contributed by atoms with van der Waals surface area (Å²) in [7, 11) is 0. The predicted molar refractivity (Wildman–Crippen MR) is 98.1 cm³/mol. The van der Waals surface area contributed by atoms with E-state index in [1.807, 2.05) is 26.0 Å². The second-order valence-corrected chi connectivity index (χ2v) is 7.83. The maximum absolute atomic E-state index is 12.9. The lowest BCUT2D eigenvalue weighted by molar-refractivity contribution is -0.136. The van der Waals surface area contributed by atoms with E-state index in [4.69, 9.17) is 0 Å². The molecule has 0 aromatic heterocycles. The van der Waals surface area contributed by atoms with Crippen LogP contribution in [-0.2, 0) is 9.59 Å². The van der Waals surface area contributed by atoms with Crippen molar-refractivity contribution in [3.8, 4) is 0 Å². The number of amides is 4. The number of urea groups is 1. The molecule has 0 bridgehead atoms. The van der Waals surface area contributed by atoms with Crippen molar-refractivity contribution < 1.29 is 14.4 Å². The Kier molecular flexibility index (Phi) is 4.86. The SMILES string of the molecule is Cc1ccc(NC(=O)CN2C(=O)N[C@]3(CCCC[C@@H]3C)C2=O)c(Br)c1. The fourth-order valence-electron chi connectivity index (χ4n) is 3.69. The normalized spacial score (nSPS) is 26.0. The number of benzene rings is 1. The first-order chi connectivity index (χ1) is 11.8. The third kappa shape index (κ3) is 3.29. The molecule has 25 heavy (non-hydrogen) atoms. The van der Waals surface area contributed by atoms with Crippen molar-refractivity contribution in [1.82, 2.24) is 10.2 Å². The van der Waals surface area contributed by atoms with Gasteiger partial charge < -0.3 is 10.6 Å². The highest BCUT2D eigenvalue weighted by molar-refractivity contribution is 9.10. The molecule has 0 unspecified atom stereocenters. The van der Waals surface area contributed by atoms with Crippen LogP contribution in [0.4, 0.5) is 10.5 Å². The summed E-state index contributed by atoms with van der Waals surface area (Å²) in [5.74, 6) is -0.589. The summed E-state index contributed by atoms with van der Waals surface area (Å²) in [5.41, 5.74) is 0.843. The molecule has 2 N–H and O–H groups in total. The van der Waals surface area contributed by atoms with E-state index in [1.54, 1.807) is 6.07 Å². The molecule has 1 saturated carbocycles. The lowest BCUT2D eigenvalue weighted by Crippen LogP contribution is -2.54. The third-order valence-corrected chi connectivity index (χ3v) is 5.86. The third-order valence-electron chi connectivity index (χ3n) is 5.20. The van der Waals surface area contributed by atoms with Gasteiger partial charge in [0, 0.05) is 4.47 Å². The molecule has 6 nitrogen and oxygen atoms in total. The van der Waals surface area contributed by atoms with Crippen molar-refractivity contribution in [2.45, 2.75) is 45.1 Å². The van der Waals surface area contributed by atoms with Gasteiger partial charge in [0.15, 0.2) is 0 Å². The Labute approximate surface area is 155 Å². The number of nitrogens with zero attached hydrogens (tertiary/aromatic N) is 1. The topological polar surface area (TPSA) is 78.5 Å². The predicted octanol–water partition coefficient (Wildman–Crippen LogP) is 3.20. The lowest BCUT2D eigenvalue weighted by Gasteiger charge is -2.36. The average Bonchev–Trinajstić information content (AvgIpc) is 2.78. The van der Waals surface area contributed by atoms with Crippen LogP contribution < -0.4 is 10.6 Å². The van der Waals surface area contributed by atoms with Gasteiger partial charge in [-0.05, 0) is 59.3 Å². The molecule has 2 aliphatic rings. The summed E-state index contributed by atoms with van der Waals surface area (Å²) in [5, 5.41) is 5.60. The summed E-state index contributed by atoms with van der Waals surface area (Å²) in [6.45, 7) is 3.66. The van der Waals surface area contributed by atoms with Crippen LogP contribution in [0.1, 0.15) is 38.2 Å². The van der Waals surface area contributed by atoms with E-state index in [2.05, 4.69) is 26.6 Å². The second-order valence-electron chi connectivity index (χ2n) is 6.97. The Hall–Kier alpha value is -1.89. The molecule has 2 atom stereocenters. The molecule has 134 valence electrons. The molecule has 1 aliphatic heterocycles. The molecule has 0 radical (unpaired) electrons. The Bertz CT molecular complexity index is 736. The van der Waals surface area contributed by atoms with Gasteiger partial charge in [0.1, 0.15) is 12.1 Å². The molecule has 1 aromatic rings. The van der Waals surface area contributed by atoms with Gasteiger partial charge in [-0.25, -0.2) is 4.79 Å². The van der Waals surface area contributed by atoms with Crippen molar-refractivity contribution in [3.05, 3.63) is 28.2 Å². The second kappa shape index (κ2) is 6.78. The summed E-state index contributed by atoms with van der Waals surface area (Å²) in [4.78, 5) is 38.5. The minimum Gasteiger partial charge on any atom is -0.323 e. The van der Waals surface area contributed by atoms with E-state index in [9.17, 15) is 14.4 Å². The molecule has 1 saturated heterocycles. The molecule has 4 amide bonds. The highest BCUT2D eigenvalue weighted by Crippen LogP contribution is 2.38. The quantitative estimate of drug-likeness (QED) is 0.755. The van der Waals surface area contributed by atoms with E-state index in [0.29, 0.717) is 12.1 Å². The minimum absolute atomic E-state index is 0.0806. The van der Waals surface area contributed by atoms with E-state index in [-0.39, 0.29) is 18.4 Å². The van der Waals surface area contributed by atoms with Crippen LogP contribution in [0.25, 0.3) is 0 Å². The number of halogens is 1. The van der Waals surface area contributed by atoms with E-state index < -0.39 is 17.5 Å². The summed E-state index contributed by atoms with van der Waals surface area (Å²) in [6.07, 6.45) is 3.52. The molecule has 3 rings (SSSR count). The van der Waals surface area contributed by atoms with Gasteiger partial charge in [-0.2, -0.15) is 0 Å². The monoisotopic (exact) mass is 407 g/mol. The molecule has 2 fully saturated rings. The van der Waals surface area contributed by atoms with Crippen molar-refractivity contribution in [3.63, 3.8) is 0 Å². The van der Waals surface area contributed by atoms with Gasteiger partial charge in [-0.15, -0.1) is 0 Å². The Morgan fingerprint density at radius 1 is 1.40 bits per heavy atom. The van der Waals surface area contributed by atoms with Crippen LogP contribution in [-0.4, -0.2) is 34.8 Å². The number of carbonyl (C=O) groups excluding carboxylic acids is 3. The highest BCUT2D eigenvalue weighted by atomic mass is 79.9. The van der Waals surface area contributed by atoms with E-state index in [0.717, 1.165) is 34.2 Å². The Morgan fingerprint density at radius 3 is 2.84 bits per heavy atom. The van der Waals surface area contributed by atoms with Crippen LogP contribution in [0.15, 0.2) is 22.7 Å². The Morgan fingerprint density at radius 2 is 2.16 bits per heavy atom. The Balaban J connectivity index is 1.71. The van der Waals surface area contributed by atoms with Gasteiger partial charge in [-0.3, -0.25) is 14.5 Å². The first-order valence-corrected chi connectivity index (χ1v) is 9.33. The first kappa shape index (κ1) is 17.9. The maximum atomic E-state index is 12.9. The number of nitrogens with one attached hydrogen (secondary N) is 2. The number of hydrogen-bond acceptors (Lipinski definition) is 3. The molecule has 1 aliphatic carbocycles. The maximum Gasteiger partial charge on any atom is 0.325 e. The first-order valence-electron chi connectivity index (χ1n) is 8.53. The average molecular weight is 408 g/mol. The van der Waals surface area contributed by atoms with Crippen molar-refractivity contribution in [1.29, 1.82) is 0 Å². The number of hydrogen-bond donors (Lipinski definition) is 2. The zero-order valence-electron chi connectivity index (χ0n) is 14.4. The summed E-state index contributed by atoms with van der Waals surface area (Å²) >= 11 is 3.40. The number of anilines is 1. The molecule has 1 spiro atoms. The van der Waals surface area contributed by atoms with Crippen LogP contribution in [0.2, 0.25) is 0 Å². The van der Waals surface area contributed by atoms with Crippen LogP contribution in [0.5, 0.6) is 0 Å². The number of aryl methyl sites for hydroxylation is 1. The van der Waals surface area contributed by atoms with E-state index in [1.165, 1.54) is 0 Å². The fourth-order valence-corrected chi connectivity index (χ4v) is 4.29. The van der Waals surface area contributed by atoms with Gasteiger partial charge in [0.2, 0.25) is 5.91 Å². The minimum atomic E-state index is -0.833. The highest BCUT2D eigenvalue weighted by Gasteiger charge is 2.55. The molecule has 7 heteroatoms. The number of carbonyl (C=O) groups is 3. The standard InChI is InChI=1S/C18H22BrN3O3/c1-11-6-7-14(13(19)9-11)20-15(23)10-22-16(24)18(21-17(22)25)8-4-3-5-12(18)2/h6-7,9,12H,3-5,8,10H2,1-2H3,(H,20,23)(H,21,25)/t12-,18-/m0/s1. The van der Waals surface area contributed by atoms with Gasteiger partial charge in [0.05, 0.1) is 5.69 Å². The lowest BCUT2D eigenvalue weighted by atomic mass is 9.73. The molecular formula is C18H22BrN3O3.